The van der Waals surface area contributed by atoms with Crippen LogP contribution >= 0.6 is 11.3 Å². The fourth-order valence-electron chi connectivity index (χ4n) is 2.00. The van der Waals surface area contributed by atoms with Gasteiger partial charge in [0, 0.05) is 6.20 Å². The van der Waals surface area contributed by atoms with Gasteiger partial charge in [0.25, 0.3) is 0 Å². The van der Waals surface area contributed by atoms with Crippen molar-refractivity contribution in [2.24, 2.45) is 11.8 Å². The van der Waals surface area contributed by atoms with Crippen LogP contribution < -0.4 is 0 Å². The molecule has 0 radical (unpaired) electrons. The zero-order valence-corrected chi connectivity index (χ0v) is 12.5. The van der Waals surface area contributed by atoms with Crippen molar-refractivity contribution in [3.05, 3.63) is 11.2 Å². The van der Waals surface area contributed by atoms with Crippen LogP contribution in [0, 0.1) is 18.8 Å². The van der Waals surface area contributed by atoms with Crippen molar-refractivity contribution < 1.29 is 9.90 Å². The summed E-state index contributed by atoms with van der Waals surface area (Å²) in [6, 6.07) is 0. The van der Waals surface area contributed by atoms with E-state index in [0.717, 1.165) is 9.88 Å². The van der Waals surface area contributed by atoms with Crippen molar-refractivity contribution in [2.45, 2.75) is 33.7 Å². The van der Waals surface area contributed by atoms with Gasteiger partial charge in [-0.2, -0.15) is 0 Å². The van der Waals surface area contributed by atoms with Gasteiger partial charge >= 0.3 is 5.97 Å². The van der Waals surface area contributed by atoms with Gasteiger partial charge < -0.3 is 5.11 Å². The summed E-state index contributed by atoms with van der Waals surface area (Å²) < 4.78 is 1.55. The predicted molar refractivity (Wildman–Crippen MR) is 74.2 cm³/mol. The fourth-order valence-corrected chi connectivity index (χ4v) is 2.77. The summed E-state index contributed by atoms with van der Waals surface area (Å²) in [4.78, 5) is 16.3. The summed E-state index contributed by atoms with van der Waals surface area (Å²) >= 11 is 1.49. The lowest BCUT2D eigenvalue weighted by molar-refractivity contribution is -0.142. The lowest BCUT2D eigenvalue weighted by Crippen LogP contribution is -2.23. The molecule has 0 spiro atoms. The number of aromatic nitrogens is 5. The second-order valence-electron chi connectivity index (χ2n) is 5.09. The SMILES string of the molecule is Cc1ncc(-c2nnnn2CC(CC(C)C)C(=O)O)s1. The molecule has 0 aliphatic carbocycles. The van der Waals surface area contributed by atoms with Crippen molar-refractivity contribution in [2.75, 3.05) is 0 Å². The first-order valence-corrected chi connectivity index (χ1v) is 7.20. The van der Waals surface area contributed by atoms with Gasteiger partial charge in [-0.25, -0.2) is 9.67 Å². The number of aliphatic carboxylic acids is 1. The Hall–Kier alpha value is -1.83. The van der Waals surface area contributed by atoms with Crippen LogP contribution in [0.15, 0.2) is 6.20 Å². The molecular formula is C12H17N5O2S. The second kappa shape index (κ2) is 6.08. The topological polar surface area (TPSA) is 93.8 Å². The van der Waals surface area contributed by atoms with Crippen molar-refractivity contribution in [3.8, 4) is 10.7 Å². The van der Waals surface area contributed by atoms with Crippen LogP contribution in [-0.4, -0.2) is 36.3 Å². The molecular weight excluding hydrogens is 278 g/mol. The lowest BCUT2D eigenvalue weighted by atomic mass is 9.97. The average Bonchev–Trinajstić information content (AvgIpc) is 2.96. The van der Waals surface area contributed by atoms with Gasteiger partial charge in [-0.05, 0) is 29.7 Å². The van der Waals surface area contributed by atoms with E-state index in [0.29, 0.717) is 18.2 Å². The van der Waals surface area contributed by atoms with Gasteiger partial charge in [-0.3, -0.25) is 4.79 Å². The number of aryl methyl sites for hydroxylation is 1. The maximum Gasteiger partial charge on any atom is 0.308 e. The molecule has 0 aromatic carbocycles. The Balaban J connectivity index is 2.21. The number of hydrogen-bond donors (Lipinski definition) is 1. The van der Waals surface area contributed by atoms with Crippen molar-refractivity contribution in [1.82, 2.24) is 25.2 Å². The Morgan fingerprint density at radius 1 is 1.50 bits per heavy atom. The summed E-state index contributed by atoms with van der Waals surface area (Å²) in [5.41, 5.74) is 0. The fraction of sp³-hybridized carbons (Fsp3) is 0.583. The van der Waals surface area contributed by atoms with Gasteiger partial charge in [0.2, 0.25) is 0 Å². The molecule has 1 N–H and O–H groups in total. The summed E-state index contributed by atoms with van der Waals surface area (Å²) in [5.74, 6) is -0.431. The van der Waals surface area contributed by atoms with Gasteiger partial charge in [-0.1, -0.05) is 13.8 Å². The van der Waals surface area contributed by atoms with E-state index in [1.807, 2.05) is 20.8 Å². The number of carbonyl (C=O) groups is 1. The third-order valence-corrected chi connectivity index (χ3v) is 3.78. The maximum absolute atomic E-state index is 11.3. The summed E-state index contributed by atoms with van der Waals surface area (Å²) in [6.45, 7) is 6.18. The highest BCUT2D eigenvalue weighted by Crippen LogP contribution is 2.24. The molecule has 108 valence electrons. The molecule has 0 aliphatic heterocycles. The predicted octanol–water partition coefficient (Wildman–Crippen LogP) is 1.85. The van der Waals surface area contributed by atoms with Gasteiger partial charge in [0.1, 0.15) is 0 Å². The standard InChI is InChI=1S/C12H17N5O2S/c1-7(2)4-9(12(18)19)6-17-11(14-15-16-17)10-5-13-8(3)20-10/h5,7,9H,4,6H2,1-3H3,(H,18,19). The molecule has 0 amide bonds. The molecule has 0 fully saturated rings. The highest BCUT2D eigenvalue weighted by atomic mass is 32.1. The first kappa shape index (κ1) is 14.6. The van der Waals surface area contributed by atoms with Crippen LogP contribution in [0.1, 0.15) is 25.3 Å². The third-order valence-electron chi connectivity index (χ3n) is 2.87. The van der Waals surface area contributed by atoms with E-state index >= 15 is 0 Å². The molecule has 2 rings (SSSR count). The number of nitrogens with zero attached hydrogens (tertiary/aromatic N) is 5. The zero-order chi connectivity index (χ0) is 14.7. The number of tetrazole rings is 1. The Morgan fingerprint density at radius 2 is 2.25 bits per heavy atom. The molecule has 1 unspecified atom stereocenters. The third kappa shape index (κ3) is 3.38. The highest BCUT2D eigenvalue weighted by molar-refractivity contribution is 7.14. The van der Waals surface area contributed by atoms with Crippen LogP contribution in [0.4, 0.5) is 0 Å². The van der Waals surface area contributed by atoms with E-state index in [4.69, 9.17) is 0 Å². The maximum atomic E-state index is 11.3. The largest absolute Gasteiger partial charge is 0.481 e. The summed E-state index contributed by atoms with van der Waals surface area (Å²) in [5, 5.41) is 21.7. The Bertz CT molecular complexity index is 592. The molecule has 20 heavy (non-hydrogen) atoms. The van der Waals surface area contributed by atoms with Gasteiger partial charge in [0.15, 0.2) is 5.82 Å². The molecule has 0 saturated heterocycles. The minimum atomic E-state index is -0.819. The van der Waals surface area contributed by atoms with Crippen LogP contribution in [0.3, 0.4) is 0 Å². The monoisotopic (exact) mass is 295 g/mol. The van der Waals surface area contributed by atoms with Crippen LogP contribution in [-0.2, 0) is 11.3 Å². The molecule has 2 aromatic rings. The van der Waals surface area contributed by atoms with Crippen LogP contribution in [0.2, 0.25) is 0 Å². The number of thiazole rings is 1. The van der Waals surface area contributed by atoms with Gasteiger partial charge in [0.05, 0.1) is 22.3 Å². The number of carboxylic acids is 1. The first-order valence-electron chi connectivity index (χ1n) is 6.39. The van der Waals surface area contributed by atoms with E-state index < -0.39 is 11.9 Å². The summed E-state index contributed by atoms with van der Waals surface area (Å²) in [6.07, 6.45) is 2.30. The highest BCUT2D eigenvalue weighted by Gasteiger charge is 2.22. The van der Waals surface area contributed by atoms with Gasteiger partial charge in [-0.15, -0.1) is 16.4 Å². The molecule has 2 aromatic heterocycles. The molecule has 8 heteroatoms. The minimum Gasteiger partial charge on any atom is -0.481 e. The van der Waals surface area contributed by atoms with Crippen molar-refractivity contribution >= 4 is 17.3 Å². The Morgan fingerprint density at radius 3 is 2.80 bits per heavy atom. The normalized spacial score (nSPS) is 12.8. The molecule has 7 nitrogen and oxygen atoms in total. The van der Waals surface area contributed by atoms with E-state index in [1.54, 1.807) is 10.9 Å². The molecule has 1 atom stereocenters. The number of rotatable bonds is 6. The number of carboxylic acid groups (broad SMARTS) is 1. The first-order chi connectivity index (χ1) is 9.47. The smallest absolute Gasteiger partial charge is 0.308 e. The number of hydrogen-bond acceptors (Lipinski definition) is 6. The van der Waals surface area contributed by atoms with E-state index in [-0.39, 0.29) is 6.54 Å². The molecule has 0 saturated carbocycles. The second-order valence-corrected chi connectivity index (χ2v) is 6.33. The van der Waals surface area contributed by atoms with E-state index in [1.165, 1.54) is 11.3 Å². The van der Waals surface area contributed by atoms with Crippen LogP contribution in [0.5, 0.6) is 0 Å². The van der Waals surface area contributed by atoms with Crippen LogP contribution in [0.25, 0.3) is 10.7 Å². The lowest BCUT2D eigenvalue weighted by Gasteiger charge is -2.14. The molecule has 2 heterocycles. The Labute approximate surface area is 120 Å². The van der Waals surface area contributed by atoms with E-state index in [2.05, 4.69) is 20.5 Å². The zero-order valence-electron chi connectivity index (χ0n) is 11.6. The van der Waals surface area contributed by atoms with E-state index in [9.17, 15) is 9.90 Å². The quantitative estimate of drug-likeness (QED) is 0.874. The van der Waals surface area contributed by atoms with Crippen molar-refractivity contribution in [3.63, 3.8) is 0 Å². The molecule has 0 bridgehead atoms. The average molecular weight is 295 g/mol. The molecule has 0 aliphatic rings. The van der Waals surface area contributed by atoms with Crippen molar-refractivity contribution in [1.29, 1.82) is 0 Å². The minimum absolute atomic E-state index is 0.271. The summed E-state index contributed by atoms with van der Waals surface area (Å²) in [7, 11) is 0. The Kier molecular flexibility index (Phi) is 4.43.